The highest BCUT2D eigenvalue weighted by Crippen LogP contribution is 2.25. The minimum Gasteiger partial charge on any atom is -0.341 e. The number of rotatable bonds is 5. The monoisotopic (exact) mass is 373 g/mol. The van der Waals surface area contributed by atoms with Gasteiger partial charge in [0.15, 0.2) is 0 Å². The Balaban J connectivity index is 1.68. The van der Waals surface area contributed by atoms with Gasteiger partial charge in [0.25, 0.3) is 5.56 Å². The van der Waals surface area contributed by atoms with E-state index in [0.29, 0.717) is 11.9 Å². The van der Waals surface area contributed by atoms with E-state index in [4.69, 9.17) is 0 Å². The largest absolute Gasteiger partial charge is 0.341 e. The molecule has 0 fully saturated rings. The minimum absolute atomic E-state index is 0.0838. The minimum atomic E-state index is -0.302. The molecule has 2 heterocycles. The van der Waals surface area contributed by atoms with Crippen LogP contribution < -0.4 is 5.56 Å². The zero-order valence-corrected chi connectivity index (χ0v) is 15.8. The van der Waals surface area contributed by atoms with E-state index in [-0.39, 0.29) is 30.2 Å². The Bertz CT molecular complexity index is 1010. The first-order valence-corrected chi connectivity index (χ1v) is 9.12. The zero-order chi connectivity index (χ0) is 18.8. The molecular weight excluding hydrogens is 353 g/mol. The molecule has 0 saturated heterocycles. The molecule has 0 aliphatic rings. The molecule has 0 aliphatic carbocycles. The highest BCUT2D eigenvalue weighted by Gasteiger charge is 2.14. The third kappa shape index (κ3) is 3.67. The number of aryl methyl sites for hydroxylation is 3. The quantitative estimate of drug-likeness (QED) is 0.690. The molecule has 0 N–H and O–H groups in total. The molecule has 0 atom stereocenters. The number of nitrogens with zero attached hydrogens (tertiary/aromatic N) is 3. The van der Waals surface area contributed by atoms with Crippen molar-refractivity contribution < 1.29 is 9.18 Å². The van der Waals surface area contributed by atoms with Crippen LogP contribution in [0.2, 0.25) is 0 Å². The van der Waals surface area contributed by atoms with Crippen molar-refractivity contribution in [1.82, 2.24) is 14.5 Å². The van der Waals surface area contributed by atoms with Crippen LogP contribution in [-0.4, -0.2) is 27.4 Å². The summed E-state index contributed by atoms with van der Waals surface area (Å²) < 4.78 is 14.4. The summed E-state index contributed by atoms with van der Waals surface area (Å²) in [7, 11) is 1.70. The molecule has 0 bridgehead atoms. The van der Waals surface area contributed by atoms with Crippen LogP contribution in [0.5, 0.6) is 0 Å². The van der Waals surface area contributed by atoms with Crippen LogP contribution in [0.3, 0.4) is 0 Å². The van der Waals surface area contributed by atoms with Gasteiger partial charge in [0.05, 0.1) is 11.7 Å². The van der Waals surface area contributed by atoms with E-state index in [1.165, 1.54) is 34.4 Å². The molecule has 1 aromatic carbocycles. The van der Waals surface area contributed by atoms with Gasteiger partial charge in [-0.1, -0.05) is 12.1 Å². The lowest BCUT2D eigenvalue weighted by atomic mass is 10.2. The van der Waals surface area contributed by atoms with Crippen LogP contribution >= 0.6 is 11.3 Å². The highest BCUT2D eigenvalue weighted by molar-refractivity contribution is 7.18. The van der Waals surface area contributed by atoms with Gasteiger partial charge in [-0.15, -0.1) is 11.3 Å². The average molecular weight is 373 g/mol. The van der Waals surface area contributed by atoms with Crippen molar-refractivity contribution in [2.75, 3.05) is 7.05 Å². The standard InChI is InChI=1S/C19H20FN3O2S/c1-12-13(2)26-18-17(12)19(25)23(11-21-18)9-8-16(24)22(3)10-14-4-6-15(20)7-5-14/h4-7,11H,8-10H2,1-3H3. The molecular formula is C19H20FN3O2S. The van der Waals surface area contributed by atoms with Crippen molar-refractivity contribution in [3.05, 3.63) is 62.8 Å². The Labute approximate surface area is 154 Å². The molecule has 5 nitrogen and oxygen atoms in total. The third-order valence-electron chi connectivity index (χ3n) is 4.48. The fourth-order valence-corrected chi connectivity index (χ4v) is 3.78. The summed E-state index contributed by atoms with van der Waals surface area (Å²) in [5.41, 5.74) is 1.70. The second-order valence-corrected chi connectivity index (χ2v) is 7.54. The van der Waals surface area contributed by atoms with E-state index in [2.05, 4.69) is 4.98 Å². The number of fused-ring (bicyclic) bond motifs is 1. The van der Waals surface area contributed by atoms with Gasteiger partial charge >= 0.3 is 0 Å². The van der Waals surface area contributed by atoms with Gasteiger partial charge in [-0.05, 0) is 37.1 Å². The summed E-state index contributed by atoms with van der Waals surface area (Å²) in [5, 5.41) is 0.641. The molecule has 0 aliphatic heterocycles. The summed E-state index contributed by atoms with van der Waals surface area (Å²) >= 11 is 1.51. The van der Waals surface area contributed by atoms with Crippen LogP contribution in [0.4, 0.5) is 4.39 Å². The van der Waals surface area contributed by atoms with Crippen LogP contribution in [0, 0.1) is 19.7 Å². The fourth-order valence-electron chi connectivity index (χ4n) is 2.79. The number of carbonyl (C=O) groups is 1. The molecule has 0 radical (unpaired) electrons. The van der Waals surface area contributed by atoms with Crippen LogP contribution in [-0.2, 0) is 17.9 Å². The Morgan fingerprint density at radius 1 is 1.27 bits per heavy atom. The van der Waals surface area contributed by atoms with E-state index >= 15 is 0 Å². The van der Waals surface area contributed by atoms with Gasteiger partial charge in [-0.2, -0.15) is 0 Å². The summed E-state index contributed by atoms with van der Waals surface area (Å²) in [4.78, 5) is 32.7. The topological polar surface area (TPSA) is 55.2 Å². The van der Waals surface area contributed by atoms with Crippen molar-refractivity contribution in [3.8, 4) is 0 Å². The van der Waals surface area contributed by atoms with Crippen molar-refractivity contribution in [1.29, 1.82) is 0 Å². The third-order valence-corrected chi connectivity index (χ3v) is 5.60. The number of thiophene rings is 1. The predicted octanol–water partition coefficient (Wildman–Crippen LogP) is 3.26. The molecule has 0 spiro atoms. The maximum absolute atomic E-state index is 13.0. The van der Waals surface area contributed by atoms with Gasteiger partial charge in [0.2, 0.25) is 5.91 Å². The number of carbonyl (C=O) groups excluding carboxylic acids is 1. The summed E-state index contributed by atoms with van der Waals surface area (Å²) in [6, 6.07) is 6.06. The molecule has 7 heteroatoms. The zero-order valence-electron chi connectivity index (χ0n) is 15.0. The molecule has 2 aromatic heterocycles. The average Bonchev–Trinajstić information content (AvgIpc) is 2.91. The molecule has 26 heavy (non-hydrogen) atoms. The van der Waals surface area contributed by atoms with Gasteiger partial charge in [0.1, 0.15) is 10.6 Å². The van der Waals surface area contributed by atoms with Crippen molar-refractivity contribution >= 4 is 27.5 Å². The van der Waals surface area contributed by atoms with Crippen molar-refractivity contribution in [3.63, 3.8) is 0 Å². The normalized spacial score (nSPS) is 11.1. The van der Waals surface area contributed by atoms with E-state index in [1.54, 1.807) is 24.1 Å². The van der Waals surface area contributed by atoms with Crippen molar-refractivity contribution in [2.45, 2.75) is 33.4 Å². The molecule has 1 amide bonds. The second kappa shape index (κ2) is 7.37. The van der Waals surface area contributed by atoms with Gasteiger partial charge < -0.3 is 4.90 Å². The molecule has 0 unspecified atom stereocenters. The van der Waals surface area contributed by atoms with E-state index in [0.717, 1.165) is 20.8 Å². The summed E-state index contributed by atoms with van der Waals surface area (Å²) in [5.74, 6) is -0.386. The van der Waals surface area contributed by atoms with Crippen LogP contribution in [0.25, 0.3) is 10.2 Å². The number of hydrogen-bond acceptors (Lipinski definition) is 4. The number of aromatic nitrogens is 2. The first kappa shape index (κ1) is 18.3. The Morgan fingerprint density at radius 3 is 2.65 bits per heavy atom. The first-order valence-electron chi connectivity index (χ1n) is 8.30. The second-order valence-electron chi connectivity index (χ2n) is 6.33. The van der Waals surface area contributed by atoms with Gasteiger partial charge in [-0.3, -0.25) is 14.2 Å². The maximum Gasteiger partial charge on any atom is 0.262 e. The van der Waals surface area contributed by atoms with Crippen LogP contribution in [0.1, 0.15) is 22.4 Å². The van der Waals surface area contributed by atoms with E-state index < -0.39 is 0 Å². The van der Waals surface area contributed by atoms with Gasteiger partial charge in [-0.25, -0.2) is 9.37 Å². The fraction of sp³-hybridized carbons (Fsp3) is 0.316. The van der Waals surface area contributed by atoms with Crippen LogP contribution in [0.15, 0.2) is 35.4 Å². The van der Waals surface area contributed by atoms with Gasteiger partial charge in [0, 0.05) is 31.4 Å². The molecule has 136 valence electrons. The van der Waals surface area contributed by atoms with E-state index in [1.807, 2.05) is 13.8 Å². The lowest BCUT2D eigenvalue weighted by molar-refractivity contribution is -0.130. The molecule has 3 rings (SSSR count). The lowest BCUT2D eigenvalue weighted by Crippen LogP contribution is -2.29. The number of amides is 1. The van der Waals surface area contributed by atoms with Crippen molar-refractivity contribution in [2.24, 2.45) is 0 Å². The molecule has 3 aromatic rings. The Kier molecular flexibility index (Phi) is 5.18. The number of halogens is 1. The summed E-state index contributed by atoms with van der Waals surface area (Å²) in [6.07, 6.45) is 1.71. The SMILES string of the molecule is Cc1sc2ncn(CCC(=O)N(C)Cc3ccc(F)cc3)c(=O)c2c1C. The first-order chi connectivity index (χ1) is 12.4. The highest BCUT2D eigenvalue weighted by atomic mass is 32.1. The summed E-state index contributed by atoms with van der Waals surface area (Å²) in [6.45, 7) is 4.57. The molecule has 0 saturated carbocycles. The smallest absolute Gasteiger partial charge is 0.262 e. The lowest BCUT2D eigenvalue weighted by Gasteiger charge is -2.17. The number of hydrogen-bond donors (Lipinski definition) is 0. The maximum atomic E-state index is 13.0. The van der Waals surface area contributed by atoms with E-state index in [9.17, 15) is 14.0 Å². The number of benzene rings is 1. The Morgan fingerprint density at radius 2 is 1.96 bits per heavy atom. The Hall–Kier alpha value is -2.54. The predicted molar refractivity (Wildman–Crippen MR) is 101 cm³/mol.